The predicted octanol–water partition coefficient (Wildman–Crippen LogP) is 0.773. The van der Waals surface area contributed by atoms with Crippen LogP contribution in [0.15, 0.2) is 17.5 Å². The maximum Gasteiger partial charge on any atom is 0.275 e. The highest BCUT2D eigenvalue weighted by molar-refractivity contribution is 7.12. The summed E-state index contributed by atoms with van der Waals surface area (Å²) in [5, 5.41) is 1.82. The summed E-state index contributed by atoms with van der Waals surface area (Å²) in [5.74, 6) is 4.64. The van der Waals surface area contributed by atoms with E-state index in [2.05, 4.69) is 0 Å². The zero-order valence-electron chi connectivity index (χ0n) is 5.03. The Labute approximate surface area is 68.6 Å². The van der Waals surface area contributed by atoms with E-state index < -0.39 is 0 Å². The highest BCUT2D eigenvalue weighted by Crippen LogP contribution is 2.06. The second-order valence-corrected chi connectivity index (χ2v) is 2.40. The Balaban J connectivity index is 0.000000810. The third-order valence-electron chi connectivity index (χ3n) is 0.876. The molecular formula is C5H7ClN2OS. The zero-order chi connectivity index (χ0) is 6.69. The lowest BCUT2D eigenvalue weighted by molar-refractivity contribution is 0.0957. The van der Waals surface area contributed by atoms with Gasteiger partial charge < -0.3 is 0 Å². The second kappa shape index (κ2) is 4.27. The predicted molar refractivity (Wildman–Crippen MR) is 43.2 cm³/mol. The minimum atomic E-state index is -0.231. The third kappa shape index (κ3) is 1.98. The second-order valence-electron chi connectivity index (χ2n) is 1.45. The van der Waals surface area contributed by atoms with E-state index in [0.29, 0.717) is 4.88 Å². The molecule has 3 N–H and O–H groups in total. The SMILES string of the molecule is Cl.NNC(=O)c1cccs1. The third-order valence-corrected chi connectivity index (χ3v) is 1.74. The first-order valence-electron chi connectivity index (χ1n) is 2.39. The molecule has 0 radical (unpaired) electrons. The number of amides is 1. The van der Waals surface area contributed by atoms with E-state index in [4.69, 9.17) is 5.84 Å². The number of carbonyl (C=O) groups is 1. The Kier molecular flexibility index (Phi) is 4.02. The molecule has 1 aromatic heterocycles. The average molecular weight is 179 g/mol. The van der Waals surface area contributed by atoms with Crippen molar-refractivity contribution in [3.05, 3.63) is 22.4 Å². The lowest BCUT2D eigenvalue weighted by Crippen LogP contribution is -2.29. The fourth-order valence-electron chi connectivity index (χ4n) is 0.479. The summed E-state index contributed by atoms with van der Waals surface area (Å²) in [6.07, 6.45) is 0. The summed E-state index contributed by atoms with van der Waals surface area (Å²) >= 11 is 1.36. The van der Waals surface area contributed by atoms with Crippen LogP contribution < -0.4 is 11.3 Å². The number of hydrazine groups is 1. The van der Waals surface area contributed by atoms with Crippen molar-refractivity contribution in [2.24, 2.45) is 5.84 Å². The molecule has 3 nitrogen and oxygen atoms in total. The van der Waals surface area contributed by atoms with Gasteiger partial charge in [0.25, 0.3) is 5.91 Å². The molecule has 10 heavy (non-hydrogen) atoms. The van der Waals surface area contributed by atoms with Crippen molar-refractivity contribution < 1.29 is 4.79 Å². The van der Waals surface area contributed by atoms with E-state index in [1.807, 2.05) is 10.8 Å². The fraction of sp³-hybridized carbons (Fsp3) is 0. The summed E-state index contributed by atoms with van der Waals surface area (Å²) in [7, 11) is 0. The number of carbonyl (C=O) groups excluding carboxylic acids is 1. The number of nitrogen functional groups attached to an aromatic ring is 1. The number of nitrogens with two attached hydrogens (primary N) is 1. The van der Waals surface area contributed by atoms with Crippen LogP contribution in [-0.4, -0.2) is 5.91 Å². The minimum Gasteiger partial charge on any atom is -0.289 e. The lowest BCUT2D eigenvalue weighted by atomic mass is 10.5. The molecule has 0 saturated heterocycles. The molecule has 0 atom stereocenters. The molecule has 56 valence electrons. The topological polar surface area (TPSA) is 55.1 Å². The smallest absolute Gasteiger partial charge is 0.275 e. The molecule has 1 heterocycles. The van der Waals surface area contributed by atoms with Gasteiger partial charge in [-0.1, -0.05) is 6.07 Å². The molecule has 0 unspecified atom stereocenters. The number of nitrogens with one attached hydrogen (secondary N) is 1. The minimum absolute atomic E-state index is 0. The van der Waals surface area contributed by atoms with Gasteiger partial charge in [-0.15, -0.1) is 23.7 Å². The van der Waals surface area contributed by atoms with E-state index in [-0.39, 0.29) is 18.3 Å². The largest absolute Gasteiger partial charge is 0.289 e. The summed E-state index contributed by atoms with van der Waals surface area (Å²) in [4.78, 5) is 11.3. The van der Waals surface area contributed by atoms with Gasteiger partial charge in [0.15, 0.2) is 0 Å². The van der Waals surface area contributed by atoms with Crippen LogP contribution in [0, 0.1) is 0 Å². The first-order valence-corrected chi connectivity index (χ1v) is 3.27. The normalized spacial score (nSPS) is 8.10. The Hall–Kier alpha value is -0.580. The molecule has 1 amide bonds. The van der Waals surface area contributed by atoms with Crippen LogP contribution in [0.2, 0.25) is 0 Å². The number of rotatable bonds is 1. The Morgan fingerprint density at radius 2 is 2.40 bits per heavy atom. The standard InChI is InChI=1S/C5H6N2OS.ClH/c6-7-5(8)4-2-1-3-9-4;/h1-3H,6H2,(H,7,8);1H. The van der Waals surface area contributed by atoms with Crippen molar-refractivity contribution in [1.82, 2.24) is 5.43 Å². The number of thiophene rings is 1. The molecule has 0 saturated carbocycles. The van der Waals surface area contributed by atoms with Crippen LogP contribution in [0.5, 0.6) is 0 Å². The number of halogens is 1. The average Bonchev–Trinajstić information content (AvgIpc) is 2.37. The molecule has 1 aromatic rings. The van der Waals surface area contributed by atoms with Crippen LogP contribution >= 0.6 is 23.7 Å². The first kappa shape index (κ1) is 9.42. The van der Waals surface area contributed by atoms with Crippen LogP contribution in [0.1, 0.15) is 9.67 Å². The van der Waals surface area contributed by atoms with Crippen molar-refractivity contribution in [2.45, 2.75) is 0 Å². The maximum atomic E-state index is 10.6. The molecule has 0 aliphatic heterocycles. The van der Waals surface area contributed by atoms with Gasteiger partial charge in [-0.05, 0) is 11.4 Å². The molecule has 5 heteroatoms. The molecular weight excluding hydrogens is 172 g/mol. The van der Waals surface area contributed by atoms with Crippen molar-refractivity contribution in [1.29, 1.82) is 0 Å². The summed E-state index contributed by atoms with van der Waals surface area (Å²) in [6, 6.07) is 3.52. The van der Waals surface area contributed by atoms with Gasteiger partial charge in [-0.25, -0.2) is 5.84 Å². The van der Waals surface area contributed by atoms with Gasteiger partial charge in [0.1, 0.15) is 0 Å². The van der Waals surface area contributed by atoms with Gasteiger partial charge in [0.05, 0.1) is 4.88 Å². The molecule has 0 aromatic carbocycles. The van der Waals surface area contributed by atoms with Gasteiger partial charge in [0, 0.05) is 0 Å². The summed E-state index contributed by atoms with van der Waals surface area (Å²) in [5.41, 5.74) is 2.04. The molecule has 0 aliphatic carbocycles. The van der Waals surface area contributed by atoms with Crippen molar-refractivity contribution in [3.8, 4) is 0 Å². The van der Waals surface area contributed by atoms with Crippen LogP contribution in [0.4, 0.5) is 0 Å². The number of hydrogen-bond acceptors (Lipinski definition) is 3. The van der Waals surface area contributed by atoms with Gasteiger partial charge >= 0.3 is 0 Å². The summed E-state index contributed by atoms with van der Waals surface area (Å²) in [6.45, 7) is 0. The molecule has 0 fully saturated rings. The van der Waals surface area contributed by atoms with E-state index >= 15 is 0 Å². The summed E-state index contributed by atoms with van der Waals surface area (Å²) < 4.78 is 0. The van der Waals surface area contributed by atoms with Crippen molar-refractivity contribution in [2.75, 3.05) is 0 Å². The van der Waals surface area contributed by atoms with Gasteiger partial charge in [0.2, 0.25) is 0 Å². The molecule has 1 rings (SSSR count). The van der Waals surface area contributed by atoms with E-state index in [0.717, 1.165) is 0 Å². The fourth-order valence-corrected chi connectivity index (χ4v) is 1.11. The van der Waals surface area contributed by atoms with Crippen LogP contribution in [-0.2, 0) is 0 Å². The van der Waals surface area contributed by atoms with E-state index in [1.165, 1.54) is 11.3 Å². The lowest BCUT2D eigenvalue weighted by Gasteiger charge is -1.90. The van der Waals surface area contributed by atoms with E-state index in [9.17, 15) is 4.79 Å². The van der Waals surface area contributed by atoms with E-state index in [1.54, 1.807) is 12.1 Å². The molecule has 0 aliphatic rings. The Morgan fingerprint density at radius 3 is 2.80 bits per heavy atom. The van der Waals surface area contributed by atoms with Crippen molar-refractivity contribution in [3.63, 3.8) is 0 Å². The molecule has 0 bridgehead atoms. The van der Waals surface area contributed by atoms with Crippen LogP contribution in [0.3, 0.4) is 0 Å². The highest BCUT2D eigenvalue weighted by Gasteiger charge is 2.00. The molecule has 0 spiro atoms. The first-order chi connectivity index (χ1) is 4.34. The van der Waals surface area contributed by atoms with Crippen molar-refractivity contribution >= 4 is 29.7 Å². The van der Waals surface area contributed by atoms with Gasteiger partial charge in [-0.2, -0.15) is 0 Å². The quantitative estimate of drug-likeness (QED) is 0.379. The Bertz CT molecular complexity index is 199. The van der Waals surface area contributed by atoms with Gasteiger partial charge in [-0.3, -0.25) is 10.2 Å². The maximum absolute atomic E-state index is 10.6. The number of hydrogen-bond donors (Lipinski definition) is 2. The monoisotopic (exact) mass is 178 g/mol. The zero-order valence-corrected chi connectivity index (χ0v) is 6.67. The highest BCUT2D eigenvalue weighted by atomic mass is 35.5. The Morgan fingerprint density at radius 1 is 1.70 bits per heavy atom. The van der Waals surface area contributed by atoms with Crippen LogP contribution in [0.25, 0.3) is 0 Å².